The van der Waals surface area contributed by atoms with Crippen molar-refractivity contribution in [2.75, 3.05) is 19.6 Å². The maximum atomic E-state index is 12.6. The first-order chi connectivity index (χ1) is 14.7. The first-order valence-corrected chi connectivity index (χ1v) is 10.6. The molecule has 2 heterocycles. The molecule has 1 fully saturated rings. The predicted octanol–water partition coefficient (Wildman–Crippen LogP) is 4.08. The molecule has 3 aromatic rings. The standard InChI is InChI=1S/C25H28N2O3/c28-18-24-13-12-23(30-24)17-27-14-4-5-19(16-27)15-26-25(29)22-10-8-21(9-11-22)20-6-2-1-3-7-20/h1-3,6-13,19,28H,4-5,14-18H2,(H,26,29)/t19-/m1/s1. The Morgan fingerprint density at radius 2 is 1.73 bits per heavy atom. The summed E-state index contributed by atoms with van der Waals surface area (Å²) in [5, 5.41) is 12.2. The molecule has 1 aromatic heterocycles. The monoisotopic (exact) mass is 404 g/mol. The normalized spacial score (nSPS) is 17.0. The second-order valence-corrected chi connectivity index (χ2v) is 7.92. The van der Waals surface area contributed by atoms with E-state index >= 15 is 0 Å². The van der Waals surface area contributed by atoms with Crippen LogP contribution in [-0.2, 0) is 13.2 Å². The van der Waals surface area contributed by atoms with E-state index in [1.165, 1.54) is 0 Å². The Labute approximate surface area is 177 Å². The van der Waals surface area contributed by atoms with Gasteiger partial charge in [-0.3, -0.25) is 9.69 Å². The molecule has 0 unspecified atom stereocenters. The van der Waals surface area contributed by atoms with Crippen molar-refractivity contribution in [3.8, 4) is 11.1 Å². The van der Waals surface area contributed by atoms with E-state index < -0.39 is 0 Å². The van der Waals surface area contributed by atoms with Crippen molar-refractivity contribution in [1.29, 1.82) is 0 Å². The molecule has 4 rings (SSSR count). The van der Waals surface area contributed by atoms with Gasteiger partial charge in [-0.05, 0) is 60.7 Å². The van der Waals surface area contributed by atoms with E-state index in [9.17, 15) is 4.79 Å². The lowest BCUT2D eigenvalue weighted by Crippen LogP contribution is -2.40. The van der Waals surface area contributed by atoms with Gasteiger partial charge in [0.1, 0.15) is 18.1 Å². The van der Waals surface area contributed by atoms with Gasteiger partial charge in [-0.15, -0.1) is 0 Å². The van der Waals surface area contributed by atoms with Crippen LogP contribution in [0.5, 0.6) is 0 Å². The van der Waals surface area contributed by atoms with E-state index in [0.717, 1.165) is 49.4 Å². The van der Waals surface area contributed by atoms with Crippen LogP contribution < -0.4 is 5.32 Å². The van der Waals surface area contributed by atoms with Crippen LogP contribution in [0, 0.1) is 5.92 Å². The molecule has 30 heavy (non-hydrogen) atoms. The smallest absolute Gasteiger partial charge is 0.251 e. The van der Waals surface area contributed by atoms with Gasteiger partial charge in [-0.2, -0.15) is 0 Å². The van der Waals surface area contributed by atoms with Crippen molar-refractivity contribution >= 4 is 5.91 Å². The summed E-state index contributed by atoms with van der Waals surface area (Å²) >= 11 is 0. The molecule has 0 spiro atoms. The number of piperidine rings is 1. The second-order valence-electron chi connectivity index (χ2n) is 7.92. The van der Waals surface area contributed by atoms with Gasteiger partial charge < -0.3 is 14.8 Å². The zero-order valence-electron chi connectivity index (χ0n) is 17.1. The minimum absolute atomic E-state index is 0.0228. The number of aliphatic hydroxyl groups is 1. The molecule has 0 aliphatic carbocycles. The molecule has 156 valence electrons. The lowest BCUT2D eigenvalue weighted by Gasteiger charge is -2.32. The SMILES string of the molecule is O=C(NC[C@H]1CCCN(Cc2ccc(CO)o2)C1)c1ccc(-c2ccccc2)cc1. The van der Waals surface area contributed by atoms with Crippen LogP contribution in [0.2, 0.25) is 0 Å². The van der Waals surface area contributed by atoms with Crippen molar-refractivity contribution in [2.24, 2.45) is 5.92 Å². The number of rotatable bonds is 7. The average Bonchev–Trinajstić information content (AvgIpc) is 3.26. The number of hydrogen-bond donors (Lipinski definition) is 2. The summed E-state index contributed by atoms with van der Waals surface area (Å²) in [5.41, 5.74) is 2.95. The minimum Gasteiger partial charge on any atom is -0.462 e. The largest absolute Gasteiger partial charge is 0.462 e. The lowest BCUT2D eigenvalue weighted by molar-refractivity contribution is 0.0928. The number of likely N-dealkylation sites (tertiary alicyclic amines) is 1. The molecule has 1 aliphatic heterocycles. The van der Waals surface area contributed by atoms with E-state index in [-0.39, 0.29) is 12.5 Å². The summed E-state index contributed by atoms with van der Waals surface area (Å²) in [5.74, 6) is 1.88. The second kappa shape index (κ2) is 9.74. The van der Waals surface area contributed by atoms with Gasteiger partial charge in [0, 0.05) is 18.7 Å². The van der Waals surface area contributed by atoms with Crippen molar-refractivity contribution in [2.45, 2.75) is 26.0 Å². The molecule has 1 atom stereocenters. The van der Waals surface area contributed by atoms with Crippen molar-refractivity contribution in [3.05, 3.63) is 83.8 Å². The van der Waals surface area contributed by atoms with Crippen LogP contribution >= 0.6 is 0 Å². The summed E-state index contributed by atoms with van der Waals surface area (Å²) in [6, 6.07) is 21.7. The quantitative estimate of drug-likeness (QED) is 0.623. The number of amides is 1. The summed E-state index contributed by atoms with van der Waals surface area (Å²) in [7, 11) is 0. The van der Waals surface area contributed by atoms with E-state index in [4.69, 9.17) is 9.52 Å². The van der Waals surface area contributed by atoms with Gasteiger partial charge in [-0.25, -0.2) is 0 Å². The highest BCUT2D eigenvalue weighted by molar-refractivity contribution is 5.94. The molecule has 0 radical (unpaired) electrons. The number of aliphatic hydroxyl groups excluding tert-OH is 1. The van der Waals surface area contributed by atoms with E-state index in [0.29, 0.717) is 23.8 Å². The molecule has 1 amide bonds. The molecule has 2 N–H and O–H groups in total. The Morgan fingerprint density at radius 3 is 2.47 bits per heavy atom. The molecule has 0 saturated carbocycles. The molecule has 2 aromatic carbocycles. The van der Waals surface area contributed by atoms with Crippen molar-refractivity contribution < 1.29 is 14.3 Å². The van der Waals surface area contributed by atoms with Crippen molar-refractivity contribution in [1.82, 2.24) is 10.2 Å². The third kappa shape index (κ3) is 5.17. The summed E-state index contributed by atoms with van der Waals surface area (Å²) in [6.07, 6.45) is 2.23. The van der Waals surface area contributed by atoms with Gasteiger partial charge in [0.15, 0.2) is 0 Å². The lowest BCUT2D eigenvalue weighted by atomic mass is 9.97. The molecule has 1 aliphatic rings. The van der Waals surface area contributed by atoms with E-state index in [1.54, 1.807) is 0 Å². The summed E-state index contributed by atoms with van der Waals surface area (Å²) < 4.78 is 5.61. The van der Waals surface area contributed by atoms with Gasteiger partial charge in [0.05, 0.1) is 6.54 Å². The predicted molar refractivity (Wildman–Crippen MR) is 117 cm³/mol. The zero-order valence-corrected chi connectivity index (χ0v) is 17.1. The first-order valence-electron chi connectivity index (χ1n) is 10.6. The van der Waals surface area contributed by atoms with Crippen LogP contribution in [0.25, 0.3) is 11.1 Å². The highest BCUT2D eigenvalue weighted by atomic mass is 16.4. The Bertz CT molecular complexity index is 950. The summed E-state index contributed by atoms with van der Waals surface area (Å²) in [6.45, 7) is 3.31. The molecular formula is C25H28N2O3. The summed E-state index contributed by atoms with van der Waals surface area (Å²) in [4.78, 5) is 14.9. The first kappa shape index (κ1) is 20.4. The fourth-order valence-electron chi connectivity index (χ4n) is 4.06. The van der Waals surface area contributed by atoms with Gasteiger partial charge in [0.25, 0.3) is 5.91 Å². The van der Waals surface area contributed by atoms with Crippen LogP contribution in [0.1, 0.15) is 34.7 Å². The molecular weight excluding hydrogens is 376 g/mol. The van der Waals surface area contributed by atoms with Crippen LogP contribution in [0.15, 0.2) is 71.1 Å². The number of furan rings is 1. The number of nitrogens with one attached hydrogen (secondary N) is 1. The Hall–Kier alpha value is -2.89. The Kier molecular flexibility index (Phi) is 6.62. The topological polar surface area (TPSA) is 65.7 Å². The Balaban J connectivity index is 1.28. The maximum Gasteiger partial charge on any atom is 0.251 e. The van der Waals surface area contributed by atoms with Gasteiger partial charge >= 0.3 is 0 Å². The van der Waals surface area contributed by atoms with Crippen LogP contribution in [0.4, 0.5) is 0 Å². The highest BCUT2D eigenvalue weighted by Gasteiger charge is 2.21. The fraction of sp³-hybridized carbons (Fsp3) is 0.320. The molecule has 0 bridgehead atoms. The van der Waals surface area contributed by atoms with Crippen molar-refractivity contribution in [3.63, 3.8) is 0 Å². The third-order valence-electron chi connectivity index (χ3n) is 5.66. The number of benzene rings is 2. The van der Waals surface area contributed by atoms with E-state index in [1.807, 2.05) is 54.6 Å². The third-order valence-corrected chi connectivity index (χ3v) is 5.66. The van der Waals surface area contributed by atoms with Crippen LogP contribution in [-0.4, -0.2) is 35.5 Å². The minimum atomic E-state index is -0.0685. The van der Waals surface area contributed by atoms with Gasteiger partial charge in [-0.1, -0.05) is 42.5 Å². The molecule has 1 saturated heterocycles. The Morgan fingerprint density at radius 1 is 1.00 bits per heavy atom. The number of carbonyl (C=O) groups excluding carboxylic acids is 1. The van der Waals surface area contributed by atoms with Gasteiger partial charge in [0.2, 0.25) is 0 Å². The zero-order chi connectivity index (χ0) is 20.8. The van der Waals surface area contributed by atoms with E-state index in [2.05, 4.69) is 22.3 Å². The number of hydrogen-bond acceptors (Lipinski definition) is 4. The fourth-order valence-corrected chi connectivity index (χ4v) is 4.06. The number of nitrogens with zero attached hydrogens (tertiary/aromatic N) is 1. The molecule has 5 nitrogen and oxygen atoms in total. The molecule has 5 heteroatoms. The average molecular weight is 405 g/mol. The number of carbonyl (C=O) groups is 1. The highest BCUT2D eigenvalue weighted by Crippen LogP contribution is 2.21. The maximum absolute atomic E-state index is 12.6. The van der Waals surface area contributed by atoms with Crippen LogP contribution in [0.3, 0.4) is 0 Å².